The highest BCUT2D eigenvalue weighted by Crippen LogP contribution is 2.22. The lowest BCUT2D eigenvalue weighted by molar-refractivity contribution is 0.360. The highest BCUT2D eigenvalue weighted by atomic mass is 32.2. The summed E-state index contributed by atoms with van der Waals surface area (Å²) in [7, 11) is -2.02. The van der Waals surface area contributed by atoms with E-state index in [0.717, 1.165) is 12.0 Å². The zero-order valence-electron chi connectivity index (χ0n) is 13.2. The van der Waals surface area contributed by atoms with Gasteiger partial charge in [0, 0.05) is 19.6 Å². The first kappa shape index (κ1) is 18.1. The lowest BCUT2D eigenvalue weighted by Gasteiger charge is -2.23. The minimum absolute atomic E-state index is 0.242. The van der Waals surface area contributed by atoms with E-state index >= 15 is 0 Å². The number of halogens is 1. The Bertz CT molecular complexity index is 561. The molecule has 6 heteroatoms. The zero-order chi connectivity index (χ0) is 16.0. The summed E-state index contributed by atoms with van der Waals surface area (Å²) in [5.74, 6) is -0.447. The number of benzene rings is 1. The van der Waals surface area contributed by atoms with Crippen molar-refractivity contribution in [2.24, 2.45) is 5.92 Å². The van der Waals surface area contributed by atoms with Gasteiger partial charge in [0.1, 0.15) is 10.7 Å². The van der Waals surface area contributed by atoms with E-state index < -0.39 is 15.8 Å². The Hall–Kier alpha value is -0.980. The second kappa shape index (κ2) is 7.87. The molecule has 21 heavy (non-hydrogen) atoms. The summed E-state index contributed by atoms with van der Waals surface area (Å²) in [5.41, 5.74) is 0.721. The molecular formula is C15H25FN2O2S. The summed E-state index contributed by atoms with van der Waals surface area (Å²) in [4.78, 5) is -0.243. The molecule has 0 spiro atoms. The molecule has 0 fully saturated rings. The van der Waals surface area contributed by atoms with Crippen molar-refractivity contribution < 1.29 is 12.8 Å². The van der Waals surface area contributed by atoms with Gasteiger partial charge in [0.25, 0.3) is 0 Å². The van der Waals surface area contributed by atoms with E-state index in [9.17, 15) is 12.8 Å². The SMILES string of the molecule is CCC(C)CN(CC)S(=O)(=O)c1ccc(CNC)cc1F. The van der Waals surface area contributed by atoms with E-state index in [1.807, 2.05) is 13.8 Å². The van der Waals surface area contributed by atoms with Gasteiger partial charge in [0.2, 0.25) is 10.0 Å². The summed E-state index contributed by atoms with van der Waals surface area (Å²) in [6.07, 6.45) is 0.885. The van der Waals surface area contributed by atoms with Crippen molar-refractivity contribution in [1.29, 1.82) is 0 Å². The number of sulfonamides is 1. The molecule has 0 aromatic heterocycles. The standard InChI is InChI=1S/C15H25FN2O2S/c1-5-12(3)11-18(6-2)21(19,20)15-8-7-13(10-17-4)9-14(15)16/h7-9,12,17H,5-6,10-11H2,1-4H3. The molecule has 0 saturated heterocycles. The molecule has 0 bridgehead atoms. The molecule has 120 valence electrons. The van der Waals surface area contributed by atoms with Crippen LogP contribution in [0.15, 0.2) is 23.1 Å². The van der Waals surface area contributed by atoms with Gasteiger partial charge in [-0.25, -0.2) is 12.8 Å². The highest BCUT2D eigenvalue weighted by molar-refractivity contribution is 7.89. The largest absolute Gasteiger partial charge is 0.316 e. The minimum Gasteiger partial charge on any atom is -0.316 e. The van der Waals surface area contributed by atoms with Crippen molar-refractivity contribution in [3.05, 3.63) is 29.6 Å². The van der Waals surface area contributed by atoms with Gasteiger partial charge in [-0.2, -0.15) is 4.31 Å². The number of nitrogens with zero attached hydrogens (tertiary/aromatic N) is 1. The van der Waals surface area contributed by atoms with Crippen molar-refractivity contribution in [3.8, 4) is 0 Å². The monoisotopic (exact) mass is 316 g/mol. The fourth-order valence-electron chi connectivity index (χ4n) is 2.08. The van der Waals surface area contributed by atoms with Gasteiger partial charge in [-0.15, -0.1) is 0 Å². The average molecular weight is 316 g/mol. The molecule has 1 N–H and O–H groups in total. The molecule has 0 heterocycles. The molecule has 0 radical (unpaired) electrons. The van der Waals surface area contributed by atoms with Crippen molar-refractivity contribution in [3.63, 3.8) is 0 Å². The van der Waals surface area contributed by atoms with Crippen LogP contribution in [0.1, 0.15) is 32.8 Å². The number of nitrogens with one attached hydrogen (secondary N) is 1. The third-order valence-electron chi connectivity index (χ3n) is 3.56. The third kappa shape index (κ3) is 4.49. The van der Waals surface area contributed by atoms with E-state index in [0.29, 0.717) is 19.6 Å². The number of hydrogen-bond acceptors (Lipinski definition) is 3. The molecular weight excluding hydrogens is 291 g/mol. The second-order valence-corrected chi connectivity index (χ2v) is 7.17. The number of hydrogen-bond donors (Lipinski definition) is 1. The molecule has 0 aliphatic rings. The van der Waals surface area contributed by atoms with Crippen molar-refractivity contribution in [2.45, 2.75) is 38.6 Å². The van der Waals surface area contributed by atoms with Gasteiger partial charge in [-0.3, -0.25) is 0 Å². The first-order valence-corrected chi connectivity index (χ1v) is 8.73. The first-order chi connectivity index (χ1) is 9.86. The van der Waals surface area contributed by atoms with Crippen LogP contribution in [-0.2, 0) is 16.6 Å². The molecule has 1 aromatic carbocycles. The topological polar surface area (TPSA) is 49.4 Å². The van der Waals surface area contributed by atoms with Crippen LogP contribution in [0.5, 0.6) is 0 Å². The maximum atomic E-state index is 14.2. The Labute approximate surface area is 127 Å². The molecule has 1 atom stereocenters. The van der Waals surface area contributed by atoms with Gasteiger partial charge in [0.15, 0.2) is 0 Å². The van der Waals surface area contributed by atoms with Crippen molar-refractivity contribution >= 4 is 10.0 Å². The van der Waals surface area contributed by atoms with Crippen LogP contribution in [0, 0.1) is 11.7 Å². The van der Waals surface area contributed by atoms with Crippen LogP contribution in [-0.4, -0.2) is 32.9 Å². The van der Waals surface area contributed by atoms with Crippen molar-refractivity contribution in [2.75, 3.05) is 20.1 Å². The van der Waals surface area contributed by atoms with Crippen LogP contribution in [0.4, 0.5) is 4.39 Å². The maximum Gasteiger partial charge on any atom is 0.245 e. The Morgan fingerprint density at radius 3 is 2.48 bits per heavy atom. The summed E-state index contributed by atoms with van der Waals surface area (Å²) >= 11 is 0. The smallest absolute Gasteiger partial charge is 0.245 e. The van der Waals surface area contributed by atoms with Crippen molar-refractivity contribution in [1.82, 2.24) is 9.62 Å². The van der Waals surface area contributed by atoms with E-state index in [2.05, 4.69) is 5.32 Å². The normalized spacial score (nSPS) is 13.6. The molecule has 4 nitrogen and oxygen atoms in total. The first-order valence-electron chi connectivity index (χ1n) is 7.29. The van der Waals surface area contributed by atoms with E-state index in [1.54, 1.807) is 20.0 Å². The van der Waals surface area contributed by atoms with E-state index in [-0.39, 0.29) is 10.8 Å². The minimum atomic E-state index is -3.78. The van der Waals surface area contributed by atoms with E-state index in [1.165, 1.54) is 16.4 Å². The lowest BCUT2D eigenvalue weighted by atomic mass is 10.1. The molecule has 0 aliphatic carbocycles. The fourth-order valence-corrected chi connectivity index (χ4v) is 3.69. The predicted octanol–water partition coefficient (Wildman–Crippen LogP) is 2.60. The highest BCUT2D eigenvalue weighted by Gasteiger charge is 2.27. The molecule has 0 aliphatic heterocycles. The number of rotatable bonds is 8. The van der Waals surface area contributed by atoms with Crippen LogP contribution in [0.2, 0.25) is 0 Å². The third-order valence-corrected chi connectivity index (χ3v) is 5.53. The molecule has 1 aromatic rings. The molecule has 1 rings (SSSR count). The Kier molecular flexibility index (Phi) is 6.77. The van der Waals surface area contributed by atoms with Crippen LogP contribution in [0.25, 0.3) is 0 Å². The van der Waals surface area contributed by atoms with Gasteiger partial charge < -0.3 is 5.32 Å². The summed E-state index contributed by atoms with van der Waals surface area (Å²) < 4.78 is 40.6. The van der Waals surface area contributed by atoms with Gasteiger partial charge >= 0.3 is 0 Å². The Balaban J connectivity index is 3.11. The van der Waals surface area contributed by atoms with Crippen LogP contribution < -0.4 is 5.32 Å². The van der Waals surface area contributed by atoms with E-state index in [4.69, 9.17) is 0 Å². The molecule has 0 saturated carbocycles. The van der Waals surface area contributed by atoms with Gasteiger partial charge in [0.05, 0.1) is 0 Å². The lowest BCUT2D eigenvalue weighted by Crippen LogP contribution is -2.35. The molecule has 1 unspecified atom stereocenters. The summed E-state index contributed by atoms with van der Waals surface area (Å²) in [6, 6.07) is 4.28. The summed E-state index contributed by atoms with van der Waals surface area (Å²) in [6.45, 7) is 7.02. The Morgan fingerprint density at radius 1 is 1.33 bits per heavy atom. The fraction of sp³-hybridized carbons (Fsp3) is 0.600. The Morgan fingerprint density at radius 2 is 2.00 bits per heavy atom. The average Bonchev–Trinajstić information content (AvgIpc) is 2.44. The predicted molar refractivity (Wildman–Crippen MR) is 83.1 cm³/mol. The van der Waals surface area contributed by atoms with Gasteiger partial charge in [-0.1, -0.05) is 33.3 Å². The zero-order valence-corrected chi connectivity index (χ0v) is 14.0. The summed E-state index contributed by atoms with van der Waals surface area (Å²) in [5, 5.41) is 2.91. The van der Waals surface area contributed by atoms with Crippen LogP contribution >= 0.6 is 0 Å². The van der Waals surface area contributed by atoms with Gasteiger partial charge in [-0.05, 0) is 30.7 Å². The maximum absolute atomic E-state index is 14.2. The second-order valence-electron chi connectivity index (χ2n) is 5.26. The van der Waals surface area contributed by atoms with Crippen LogP contribution in [0.3, 0.4) is 0 Å². The quantitative estimate of drug-likeness (QED) is 0.802. The molecule has 0 amide bonds.